The van der Waals surface area contributed by atoms with E-state index in [4.69, 9.17) is 46.4 Å². The molecule has 2 aromatic rings. The third-order valence-corrected chi connectivity index (χ3v) is 3.35. The van der Waals surface area contributed by atoms with Crippen LogP contribution in [0.3, 0.4) is 0 Å². The smallest absolute Gasteiger partial charge is 0.258 e. The van der Waals surface area contributed by atoms with E-state index in [1.165, 1.54) is 24.3 Å². The second-order valence-corrected chi connectivity index (χ2v) is 5.24. The Kier molecular flexibility index (Phi) is 4.70. The highest BCUT2D eigenvalue weighted by Gasteiger charge is 2.14. The molecule has 2 rings (SSSR count). The molecule has 0 aliphatic heterocycles. The number of nitrogens with zero attached hydrogens (tertiary/aromatic N) is 1. The van der Waals surface area contributed by atoms with Crippen LogP contribution in [0.5, 0.6) is 0 Å². The summed E-state index contributed by atoms with van der Waals surface area (Å²) in [4.78, 5) is 15.7. The van der Waals surface area contributed by atoms with Gasteiger partial charge in [-0.15, -0.1) is 0 Å². The van der Waals surface area contributed by atoms with E-state index in [1.54, 1.807) is 0 Å². The highest BCUT2D eigenvalue weighted by molar-refractivity contribution is 6.36. The van der Waals surface area contributed by atoms with Crippen LogP contribution in [-0.2, 0) is 0 Å². The van der Waals surface area contributed by atoms with Gasteiger partial charge >= 0.3 is 0 Å². The van der Waals surface area contributed by atoms with Gasteiger partial charge < -0.3 is 5.32 Å². The average Bonchev–Trinajstić information content (AvgIpc) is 2.35. The number of halogens is 5. The molecular weight excluding hydrogens is 349 g/mol. The SMILES string of the molecule is O=C(Nc1cc(Cl)c(F)c(Cl)c1)c1ccc(Cl)nc1Cl. The van der Waals surface area contributed by atoms with Gasteiger partial charge in [-0.1, -0.05) is 46.4 Å². The van der Waals surface area contributed by atoms with Crippen LogP contribution in [-0.4, -0.2) is 10.9 Å². The molecule has 1 N–H and O–H groups in total. The van der Waals surface area contributed by atoms with Crippen molar-refractivity contribution in [3.8, 4) is 0 Å². The van der Waals surface area contributed by atoms with Crippen molar-refractivity contribution in [2.24, 2.45) is 0 Å². The van der Waals surface area contributed by atoms with E-state index in [9.17, 15) is 9.18 Å². The zero-order chi connectivity index (χ0) is 14.9. The molecule has 1 aromatic heterocycles. The fourth-order valence-electron chi connectivity index (χ4n) is 1.41. The van der Waals surface area contributed by atoms with E-state index < -0.39 is 11.7 Å². The minimum Gasteiger partial charge on any atom is -0.322 e. The highest BCUT2D eigenvalue weighted by atomic mass is 35.5. The first kappa shape index (κ1) is 15.3. The lowest BCUT2D eigenvalue weighted by molar-refractivity contribution is 0.102. The maximum atomic E-state index is 13.3. The lowest BCUT2D eigenvalue weighted by atomic mass is 10.2. The topological polar surface area (TPSA) is 42.0 Å². The van der Waals surface area contributed by atoms with Crippen LogP contribution >= 0.6 is 46.4 Å². The predicted octanol–water partition coefficient (Wildman–Crippen LogP) is 5.09. The normalized spacial score (nSPS) is 10.4. The van der Waals surface area contributed by atoms with Crippen molar-refractivity contribution in [2.45, 2.75) is 0 Å². The largest absolute Gasteiger partial charge is 0.322 e. The molecule has 0 atom stereocenters. The summed E-state index contributed by atoms with van der Waals surface area (Å²) in [6.45, 7) is 0. The molecule has 0 aliphatic carbocycles. The maximum absolute atomic E-state index is 13.3. The summed E-state index contributed by atoms with van der Waals surface area (Å²) in [5.74, 6) is -1.30. The molecule has 20 heavy (non-hydrogen) atoms. The molecule has 0 unspecified atom stereocenters. The van der Waals surface area contributed by atoms with E-state index in [0.29, 0.717) is 0 Å². The predicted molar refractivity (Wildman–Crippen MR) is 78.6 cm³/mol. The lowest BCUT2D eigenvalue weighted by Gasteiger charge is -2.08. The number of benzene rings is 1. The number of anilines is 1. The number of amides is 1. The summed E-state index contributed by atoms with van der Waals surface area (Å²) >= 11 is 22.7. The standard InChI is InChI=1S/C12H5Cl4FN2O/c13-7-3-5(4-8(14)10(7)17)18-12(20)6-1-2-9(15)19-11(6)16/h1-4H,(H,18,20). The first-order valence-corrected chi connectivity index (χ1v) is 6.67. The van der Waals surface area contributed by atoms with Gasteiger partial charge in [0.2, 0.25) is 0 Å². The van der Waals surface area contributed by atoms with Gasteiger partial charge in [-0.3, -0.25) is 4.79 Å². The Labute approximate surface area is 133 Å². The van der Waals surface area contributed by atoms with Crippen molar-refractivity contribution in [2.75, 3.05) is 5.32 Å². The molecule has 1 heterocycles. The number of aromatic nitrogens is 1. The Morgan fingerprint density at radius 1 is 1.10 bits per heavy atom. The molecule has 0 aliphatic rings. The zero-order valence-electron chi connectivity index (χ0n) is 9.55. The van der Waals surface area contributed by atoms with Crippen LogP contribution in [0.15, 0.2) is 24.3 Å². The van der Waals surface area contributed by atoms with Crippen LogP contribution < -0.4 is 5.32 Å². The molecule has 104 valence electrons. The van der Waals surface area contributed by atoms with E-state index in [1.807, 2.05) is 0 Å². The summed E-state index contributed by atoms with van der Waals surface area (Å²) in [6.07, 6.45) is 0. The number of carbonyl (C=O) groups is 1. The molecule has 8 heteroatoms. The minimum atomic E-state index is -0.752. The van der Waals surface area contributed by atoms with Crippen LogP contribution in [0.25, 0.3) is 0 Å². The van der Waals surface area contributed by atoms with Gasteiger partial charge in [0.15, 0.2) is 5.82 Å². The van der Waals surface area contributed by atoms with Crippen molar-refractivity contribution in [1.29, 1.82) is 0 Å². The molecule has 0 spiro atoms. The summed E-state index contributed by atoms with van der Waals surface area (Å²) in [5, 5.41) is 2.20. The number of rotatable bonds is 2. The number of hydrogen-bond acceptors (Lipinski definition) is 2. The zero-order valence-corrected chi connectivity index (χ0v) is 12.6. The van der Waals surface area contributed by atoms with Crippen molar-refractivity contribution < 1.29 is 9.18 Å². The Balaban J connectivity index is 2.28. The monoisotopic (exact) mass is 352 g/mol. The van der Waals surface area contributed by atoms with Crippen molar-refractivity contribution >= 4 is 58.0 Å². The van der Waals surface area contributed by atoms with Crippen molar-refractivity contribution in [3.05, 3.63) is 56.0 Å². The Morgan fingerprint density at radius 3 is 2.25 bits per heavy atom. The van der Waals surface area contributed by atoms with Crippen molar-refractivity contribution in [3.63, 3.8) is 0 Å². The van der Waals surface area contributed by atoms with Crippen LogP contribution in [0.1, 0.15) is 10.4 Å². The molecule has 0 bridgehead atoms. The van der Waals surface area contributed by atoms with Gasteiger partial charge in [0, 0.05) is 5.69 Å². The minimum absolute atomic E-state index is 0.0469. The molecule has 0 saturated carbocycles. The third kappa shape index (κ3) is 3.33. The van der Waals surface area contributed by atoms with Gasteiger partial charge in [-0.2, -0.15) is 0 Å². The first-order valence-electron chi connectivity index (χ1n) is 5.16. The van der Waals surface area contributed by atoms with Gasteiger partial charge in [-0.05, 0) is 24.3 Å². The van der Waals surface area contributed by atoms with Crippen molar-refractivity contribution in [1.82, 2.24) is 4.98 Å². The lowest BCUT2D eigenvalue weighted by Crippen LogP contribution is -2.13. The van der Waals surface area contributed by atoms with E-state index in [-0.39, 0.29) is 31.6 Å². The molecular formula is C12H5Cl4FN2O. The van der Waals surface area contributed by atoms with Crippen LogP contribution in [0.4, 0.5) is 10.1 Å². The molecule has 0 fully saturated rings. The average molecular weight is 354 g/mol. The highest BCUT2D eigenvalue weighted by Crippen LogP contribution is 2.28. The second-order valence-electron chi connectivity index (χ2n) is 3.68. The third-order valence-electron chi connectivity index (χ3n) is 2.30. The van der Waals surface area contributed by atoms with Gasteiger partial charge in [0.25, 0.3) is 5.91 Å². The Bertz CT molecular complexity index is 670. The molecule has 3 nitrogen and oxygen atoms in total. The summed E-state index contributed by atoms with van der Waals surface area (Å²) in [7, 11) is 0. The number of nitrogens with one attached hydrogen (secondary N) is 1. The Morgan fingerprint density at radius 2 is 1.70 bits per heavy atom. The summed E-state index contributed by atoms with van der Waals surface area (Å²) in [5.41, 5.74) is 0.352. The van der Waals surface area contributed by atoms with E-state index in [2.05, 4.69) is 10.3 Å². The quantitative estimate of drug-likeness (QED) is 0.603. The van der Waals surface area contributed by atoms with Crippen LogP contribution in [0.2, 0.25) is 20.4 Å². The summed E-state index contributed by atoms with van der Waals surface area (Å²) in [6, 6.07) is 5.31. The number of carbonyl (C=O) groups excluding carboxylic acids is 1. The van der Waals surface area contributed by atoms with E-state index >= 15 is 0 Å². The molecule has 0 radical (unpaired) electrons. The van der Waals surface area contributed by atoms with Gasteiger partial charge in [0.1, 0.15) is 10.3 Å². The molecule has 1 amide bonds. The molecule has 0 saturated heterocycles. The molecule has 1 aromatic carbocycles. The summed E-state index contributed by atoms with van der Waals surface area (Å²) < 4.78 is 13.3. The first-order chi connectivity index (χ1) is 9.38. The fourth-order valence-corrected chi connectivity index (χ4v) is 2.33. The number of hydrogen-bond donors (Lipinski definition) is 1. The fraction of sp³-hybridized carbons (Fsp3) is 0. The van der Waals surface area contributed by atoms with E-state index in [0.717, 1.165) is 0 Å². The van der Waals surface area contributed by atoms with Gasteiger partial charge in [0.05, 0.1) is 15.6 Å². The second kappa shape index (κ2) is 6.14. The van der Waals surface area contributed by atoms with Gasteiger partial charge in [-0.25, -0.2) is 9.37 Å². The number of pyridine rings is 1. The maximum Gasteiger partial charge on any atom is 0.258 e. The Hall–Kier alpha value is -1.07. The van der Waals surface area contributed by atoms with Crippen LogP contribution in [0, 0.1) is 5.82 Å².